The summed E-state index contributed by atoms with van der Waals surface area (Å²) in [5.41, 5.74) is 7.25. The monoisotopic (exact) mass is 327 g/mol. The first kappa shape index (κ1) is 17.2. The van der Waals surface area contributed by atoms with E-state index in [-0.39, 0.29) is 17.8 Å². The summed E-state index contributed by atoms with van der Waals surface area (Å²) in [6, 6.07) is 12.0. The minimum Gasteiger partial charge on any atom is -0.351 e. The maximum absolute atomic E-state index is 12.8. The lowest BCUT2D eigenvalue weighted by Gasteiger charge is -2.13. The molecule has 0 aromatic heterocycles. The molecule has 0 spiro atoms. The van der Waals surface area contributed by atoms with Crippen molar-refractivity contribution in [3.8, 4) is 0 Å². The van der Waals surface area contributed by atoms with Crippen molar-refractivity contribution in [2.24, 2.45) is 5.73 Å². The van der Waals surface area contributed by atoms with Gasteiger partial charge in [-0.05, 0) is 48.4 Å². The van der Waals surface area contributed by atoms with Gasteiger partial charge in [-0.25, -0.2) is 9.18 Å². The van der Waals surface area contributed by atoms with Crippen LogP contribution in [0.5, 0.6) is 0 Å². The summed E-state index contributed by atoms with van der Waals surface area (Å²) in [6.45, 7) is 1.85. The number of nitrogens with two attached hydrogens (primary N) is 1. The van der Waals surface area contributed by atoms with Crippen LogP contribution < -0.4 is 16.4 Å². The molecule has 2 aromatic carbocycles. The number of rotatable bonds is 5. The zero-order valence-electron chi connectivity index (χ0n) is 13.1. The lowest BCUT2D eigenvalue weighted by Crippen LogP contribution is -2.24. The third-order valence-corrected chi connectivity index (χ3v) is 3.33. The quantitative estimate of drug-likeness (QED) is 0.737. The molecule has 0 bridgehead atoms. The Morgan fingerprint density at radius 3 is 2.29 bits per heavy atom. The zero-order chi connectivity index (χ0) is 17.5. The Balaban J connectivity index is 1.93. The summed E-state index contributed by atoms with van der Waals surface area (Å²) in [7, 11) is 0. The topological polar surface area (TPSA) is 84.2 Å². The summed E-state index contributed by atoms with van der Waals surface area (Å²) in [4.78, 5) is 22.7. The Morgan fingerprint density at radius 1 is 1.08 bits per heavy atom. The standard InChI is InChI=1S/C18H18FN3O2/c1-12(14-5-9-16(10-6-14)22-18(20)24)21-17(23)11-4-13-2-7-15(19)8-3-13/h2-12H,1H3,(H,21,23)(H3,20,22,24)/b11-4-/t12-/m1/s1. The molecule has 0 radical (unpaired) electrons. The van der Waals surface area contributed by atoms with Crippen molar-refractivity contribution in [1.82, 2.24) is 5.32 Å². The number of carbonyl (C=O) groups excluding carboxylic acids is 2. The molecule has 0 aliphatic rings. The number of nitrogens with one attached hydrogen (secondary N) is 2. The fraction of sp³-hybridized carbons (Fsp3) is 0.111. The lowest BCUT2D eigenvalue weighted by atomic mass is 10.1. The number of halogens is 1. The summed E-state index contributed by atoms with van der Waals surface area (Å²) in [6.07, 6.45) is 3.01. The highest BCUT2D eigenvalue weighted by Crippen LogP contribution is 2.16. The highest BCUT2D eigenvalue weighted by molar-refractivity contribution is 5.92. The lowest BCUT2D eigenvalue weighted by molar-refractivity contribution is -0.117. The van der Waals surface area contributed by atoms with Gasteiger partial charge in [-0.1, -0.05) is 24.3 Å². The Hall–Kier alpha value is -3.15. The summed E-state index contributed by atoms with van der Waals surface area (Å²) < 4.78 is 12.8. The number of hydrogen-bond donors (Lipinski definition) is 3. The zero-order valence-corrected chi connectivity index (χ0v) is 13.1. The van der Waals surface area contributed by atoms with E-state index in [1.165, 1.54) is 18.2 Å². The highest BCUT2D eigenvalue weighted by atomic mass is 19.1. The normalized spacial score (nSPS) is 11.9. The molecule has 2 rings (SSSR count). The molecule has 2 aromatic rings. The molecule has 3 amide bonds. The van der Waals surface area contributed by atoms with E-state index >= 15 is 0 Å². The van der Waals surface area contributed by atoms with Crippen molar-refractivity contribution in [1.29, 1.82) is 0 Å². The molecule has 124 valence electrons. The Bertz CT molecular complexity index is 740. The van der Waals surface area contributed by atoms with Crippen LogP contribution in [0.2, 0.25) is 0 Å². The van der Waals surface area contributed by atoms with Crippen molar-refractivity contribution in [2.45, 2.75) is 13.0 Å². The fourth-order valence-electron chi connectivity index (χ4n) is 2.09. The summed E-state index contributed by atoms with van der Waals surface area (Å²) in [5.74, 6) is -0.578. The van der Waals surface area contributed by atoms with E-state index in [1.54, 1.807) is 42.5 Å². The van der Waals surface area contributed by atoms with Crippen LogP contribution in [0, 0.1) is 5.82 Å². The molecule has 0 unspecified atom stereocenters. The molecule has 4 N–H and O–H groups in total. The van der Waals surface area contributed by atoms with Gasteiger partial charge in [-0.3, -0.25) is 4.79 Å². The molecule has 6 heteroatoms. The van der Waals surface area contributed by atoms with Crippen molar-refractivity contribution < 1.29 is 14.0 Å². The van der Waals surface area contributed by atoms with E-state index in [4.69, 9.17) is 5.73 Å². The minimum absolute atomic E-state index is 0.210. The fourth-order valence-corrected chi connectivity index (χ4v) is 2.09. The molecule has 0 heterocycles. The first-order chi connectivity index (χ1) is 11.4. The minimum atomic E-state index is -0.630. The first-order valence-electron chi connectivity index (χ1n) is 7.34. The predicted octanol–water partition coefficient (Wildman–Crippen LogP) is 3.21. The smallest absolute Gasteiger partial charge is 0.316 e. The molecular formula is C18H18FN3O2. The third kappa shape index (κ3) is 5.24. The second kappa shape index (κ2) is 7.92. The van der Waals surface area contributed by atoms with Crippen molar-refractivity contribution in [2.75, 3.05) is 5.32 Å². The van der Waals surface area contributed by atoms with Crippen LogP contribution >= 0.6 is 0 Å². The van der Waals surface area contributed by atoms with E-state index in [0.29, 0.717) is 5.69 Å². The SMILES string of the molecule is C[C@@H](NC(=O)/C=C\c1ccc(F)cc1)c1ccc(NC(N)=O)cc1. The van der Waals surface area contributed by atoms with E-state index in [2.05, 4.69) is 10.6 Å². The van der Waals surface area contributed by atoms with Gasteiger partial charge in [0.1, 0.15) is 5.82 Å². The van der Waals surface area contributed by atoms with Gasteiger partial charge in [0.15, 0.2) is 0 Å². The van der Waals surface area contributed by atoms with Gasteiger partial charge in [0.2, 0.25) is 5.91 Å². The molecule has 0 aliphatic heterocycles. The summed E-state index contributed by atoms with van der Waals surface area (Å²) in [5, 5.41) is 5.29. The van der Waals surface area contributed by atoms with Gasteiger partial charge in [0, 0.05) is 11.8 Å². The number of hydrogen-bond acceptors (Lipinski definition) is 2. The van der Waals surface area contributed by atoms with Crippen LogP contribution in [0.3, 0.4) is 0 Å². The predicted molar refractivity (Wildman–Crippen MR) is 91.6 cm³/mol. The molecule has 0 saturated carbocycles. The molecule has 0 saturated heterocycles. The number of urea groups is 1. The number of primary amides is 1. The van der Waals surface area contributed by atoms with E-state index in [9.17, 15) is 14.0 Å². The van der Waals surface area contributed by atoms with Gasteiger partial charge >= 0.3 is 6.03 Å². The van der Waals surface area contributed by atoms with Crippen LogP contribution in [-0.2, 0) is 4.79 Å². The molecule has 0 fully saturated rings. The first-order valence-corrected chi connectivity index (χ1v) is 7.34. The van der Waals surface area contributed by atoms with E-state index < -0.39 is 6.03 Å². The van der Waals surface area contributed by atoms with Gasteiger partial charge in [-0.2, -0.15) is 0 Å². The molecule has 24 heavy (non-hydrogen) atoms. The average molecular weight is 327 g/mol. The average Bonchev–Trinajstić information content (AvgIpc) is 2.54. The highest BCUT2D eigenvalue weighted by Gasteiger charge is 2.07. The second-order valence-electron chi connectivity index (χ2n) is 5.23. The van der Waals surface area contributed by atoms with Gasteiger partial charge in [0.05, 0.1) is 6.04 Å². The van der Waals surface area contributed by atoms with Crippen LogP contribution in [0.4, 0.5) is 14.9 Å². The van der Waals surface area contributed by atoms with E-state index in [0.717, 1.165) is 11.1 Å². The van der Waals surface area contributed by atoms with Crippen LogP contribution in [0.25, 0.3) is 6.08 Å². The molecule has 5 nitrogen and oxygen atoms in total. The largest absolute Gasteiger partial charge is 0.351 e. The van der Waals surface area contributed by atoms with Crippen molar-refractivity contribution >= 4 is 23.7 Å². The van der Waals surface area contributed by atoms with Crippen molar-refractivity contribution in [3.63, 3.8) is 0 Å². The van der Waals surface area contributed by atoms with Crippen LogP contribution in [0.15, 0.2) is 54.6 Å². The van der Waals surface area contributed by atoms with Crippen molar-refractivity contribution in [3.05, 3.63) is 71.6 Å². The number of amides is 3. The van der Waals surface area contributed by atoms with Crippen LogP contribution in [-0.4, -0.2) is 11.9 Å². The third-order valence-electron chi connectivity index (χ3n) is 3.33. The number of carbonyl (C=O) groups is 2. The second-order valence-corrected chi connectivity index (χ2v) is 5.23. The van der Waals surface area contributed by atoms with E-state index in [1.807, 2.05) is 6.92 Å². The molecular weight excluding hydrogens is 309 g/mol. The molecule has 0 aliphatic carbocycles. The van der Waals surface area contributed by atoms with Gasteiger partial charge in [0.25, 0.3) is 0 Å². The molecule has 1 atom stereocenters. The van der Waals surface area contributed by atoms with Gasteiger partial charge < -0.3 is 16.4 Å². The number of anilines is 1. The maximum Gasteiger partial charge on any atom is 0.316 e. The van der Waals surface area contributed by atoms with Crippen LogP contribution in [0.1, 0.15) is 24.1 Å². The Morgan fingerprint density at radius 2 is 1.71 bits per heavy atom. The van der Waals surface area contributed by atoms with Gasteiger partial charge in [-0.15, -0.1) is 0 Å². The maximum atomic E-state index is 12.8. The Kier molecular flexibility index (Phi) is 5.68. The Labute approximate surface area is 139 Å². The summed E-state index contributed by atoms with van der Waals surface area (Å²) >= 11 is 0. The number of benzene rings is 2.